The number of primary amides is 1. The summed E-state index contributed by atoms with van der Waals surface area (Å²) in [5, 5.41) is 0. The van der Waals surface area contributed by atoms with Crippen molar-refractivity contribution in [1.82, 2.24) is 9.80 Å². The number of rotatable bonds is 6. The van der Waals surface area contributed by atoms with Crippen LogP contribution in [0.5, 0.6) is 0 Å². The lowest BCUT2D eigenvalue weighted by Crippen LogP contribution is -2.49. The first-order chi connectivity index (χ1) is 10.9. The average molecular weight is 323 g/mol. The molecule has 1 aliphatic rings. The first-order valence-corrected chi connectivity index (χ1v) is 7.54. The van der Waals surface area contributed by atoms with Gasteiger partial charge in [0, 0.05) is 19.6 Å². The minimum atomic E-state index is -0.582. The molecule has 0 bridgehead atoms. The summed E-state index contributed by atoms with van der Waals surface area (Å²) in [6.45, 7) is 2.23. The number of morpholine rings is 1. The third kappa shape index (κ3) is 5.61. The van der Waals surface area contributed by atoms with Gasteiger partial charge in [-0.2, -0.15) is 0 Å². The first kappa shape index (κ1) is 17.4. The third-order valence-corrected chi connectivity index (χ3v) is 3.71. The number of nitrogens with zero attached hydrogens (tertiary/aromatic N) is 2. The van der Waals surface area contributed by atoms with E-state index in [1.165, 1.54) is 17.0 Å². The summed E-state index contributed by atoms with van der Waals surface area (Å²) in [5.74, 6) is -1.25. The van der Waals surface area contributed by atoms with Crippen molar-refractivity contribution in [3.05, 3.63) is 35.6 Å². The van der Waals surface area contributed by atoms with Crippen LogP contribution in [0.2, 0.25) is 0 Å². The van der Waals surface area contributed by atoms with E-state index in [1.807, 2.05) is 7.05 Å². The van der Waals surface area contributed by atoms with Crippen molar-refractivity contribution in [2.45, 2.75) is 12.5 Å². The molecule has 0 spiro atoms. The molecule has 126 valence electrons. The Morgan fingerprint density at radius 1 is 1.48 bits per heavy atom. The Bertz CT molecular complexity index is 567. The zero-order valence-corrected chi connectivity index (χ0v) is 13.2. The molecule has 2 rings (SSSR count). The number of likely N-dealkylation sites (N-methyl/N-ethyl adjacent to an activating group) is 1. The molecule has 1 aromatic rings. The molecular formula is C16H22FN3O3. The Morgan fingerprint density at radius 2 is 2.26 bits per heavy atom. The largest absolute Gasteiger partial charge is 0.374 e. The van der Waals surface area contributed by atoms with Gasteiger partial charge >= 0.3 is 0 Å². The van der Waals surface area contributed by atoms with Crippen molar-refractivity contribution in [3.8, 4) is 0 Å². The number of halogens is 1. The van der Waals surface area contributed by atoms with Gasteiger partial charge in [-0.3, -0.25) is 9.59 Å². The summed E-state index contributed by atoms with van der Waals surface area (Å²) in [6.07, 6.45) is -0.141. The predicted octanol–water partition coefficient (Wildman–Crippen LogP) is 0.0127. The van der Waals surface area contributed by atoms with Crippen molar-refractivity contribution in [1.29, 1.82) is 0 Å². The molecule has 1 heterocycles. The number of carbonyl (C=O) groups excluding carboxylic acids is 2. The van der Waals surface area contributed by atoms with Crippen LogP contribution >= 0.6 is 0 Å². The van der Waals surface area contributed by atoms with Gasteiger partial charge in [-0.15, -0.1) is 0 Å². The second-order valence-electron chi connectivity index (χ2n) is 5.80. The van der Waals surface area contributed by atoms with Crippen molar-refractivity contribution >= 4 is 11.8 Å². The highest BCUT2D eigenvalue weighted by molar-refractivity contribution is 5.85. The van der Waals surface area contributed by atoms with Crippen molar-refractivity contribution in [3.63, 3.8) is 0 Å². The monoisotopic (exact) mass is 323 g/mol. The van der Waals surface area contributed by atoms with Crippen LogP contribution in [0.1, 0.15) is 5.56 Å². The van der Waals surface area contributed by atoms with E-state index < -0.39 is 11.7 Å². The molecule has 0 aliphatic carbocycles. The third-order valence-electron chi connectivity index (χ3n) is 3.71. The quantitative estimate of drug-likeness (QED) is 0.800. The molecule has 1 atom stereocenters. The van der Waals surface area contributed by atoms with Crippen LogP contribution < -0.4 is 5.73 Å². The van der Waals surface area contributed by atoms with Crippen LogP contribution in [0.4, 0.5) is 4.39 Å². The second-order valence-corrected chi connectivity index (χ2v) is 5.80. The molecule has 0 aromatic heterocycles. The number of ether oxygens (including phenoxy) is 1. The van der Waals surface area contributed by atoms with Gasteiger partial charge in [-0.05, 0) is 24.7 Å². The Labute approximate surface area is 135 Å². The Hall–Kier alpha value is -1.99. The number of amides is 2. The highest BCUT2D eigenvalue weighted by Crippen LogP contribution is 2.09. The second kappa shape index (κ2) is 8.03. The summed E-state index contributed by atoms with van der Waals surface area (Å²) < 4.78 is 18.9. The summed E-state index contributed by atoms with van der Waals surface area (Å²) in [7, 11) is 1.97. The SMILES string of the molecule is CN1CCOC(CN(CC(N)=O)C(=O)Cc2cccc(F)c2)C1. The maximum absolute atomic E-state index is 13.2. The molecule has 1 aromatic carbocycles. The van der Waals surface area contributed by atoms with Crippen molar-refractivity contribution in [2.24, 2.45) is 5.73 Å². The number of hydrogen-bond donors (Lipinski definition) is 1. The zero-order valence-electron chi connectivity index (χ0n) is 13.2. The van der Waals surface area contributed by atoms with Crippen LogP contribution in [0.25, 0.3) is 0 Å². The number of nitrogens with two attached hydrogens (primary N) is 1. The smallest absolute Gasteiger partial charge is 0.237 e. The van der Waals surface area contributed by atoms with Crippen LogP contribution in [0.15, 0.2) is 24.3 Å². The molecule has 2 N–H and O–H groups in total. The molecule has 23 heavy (non-hydrogen) atoms. The molecule has 6 nitrogen and oxygen atoms in total. The molecule has 1 saturated heterocycles. The number of carbonyl (C=O) groups is 2. The van der Waals surface area contributed by atoms with Gasteiger partial charge in [0.15, 0.2) is 0 Å². The van der Waals surface area contributed by atoms with Gasteiger partial charge in [-0.25, -0.2) is 4.39 Å². The van der Waals surface area contributed by atoms with Gasteiger partial charge in [0.05, 0.1) is 25.7 Å². The van der Waals surface area contributed by atoms with E-state index in [-0.39, 0.29) is 25.0 Å². The van der Waals surface area contributed by atoms with Gasteiger partial charge in [-0.1, -0.05) is 12.1 Å². The highest BCUT2D eigenvalue weighted by Gasteiger charge is 2.24. The fourth-order valence-electron chi connectivity index (χ4n) is 2.60. The Morgan fingerprint density at radius 3 is 2.91 bits per heavy atom. The Balaban J connectivity index is 2.01. The van der Waals surface area contributed by atoms with E-state index in [0.717, 1.165) is 6.54 Å². The van der Waals surface area contributed by atoms with Crippen LogP contribution in [-0.2, 0) is 20.7 Å². The van der Waals surface area contributed by atoms with E-state index in [4.69, 9.17) is 10.5 Å². The van der Waals surface area contributed by atoms with Crippen LogP contribution in [-0.4, -0.2) is 67.6 Å². The minimum Gasteiger partial charge on any atom is -0.374 e. The van der Waals surface area contributed by atoms with E-state index >= 15 is 0 Å². The normalized spacial score (nSPS) is 18.6. The molecular weight excluding hydrogens is 301 g/mol. The molecule has 0 saturated carbocycles. The fourth-order valence-corrected chi connectivity index (χ4v) is 2.60. The van der Waals surface area contributed by atoms with Crippen molar-refractivity contribution < 1.29 is 18.7 Å². The van der Waals surface area contributed by atoms with E-state index in [0.29, 0.717) is 25.3 Å². The topological polar surface area (TPSA) is 75.9 Å². The number of hydrogen-bond acceptors (Lipinski definition) is 4. The molecule has 1 unspecified atom stereocenters. The van der Waals surface area contributed by atoms with Gasteiger partial charge in [0.1, 0.15) is 5.82 Å². The summed E-state index contributed by atoms with van der Waals surface area (Å²) in [4.78, 5) is 27.2. The molecule has 7 heteroatoms. The van der Waals surface area contributed by atoms with Crippen LogP contribution in [0, 0.1) is 5.82 Å². The molecule has 0 radical (unpaired) electrons. The Kier molecular flexibility index (Phi) is 6.06. The predicted molar refractivity (Wildman–Crippen MR) is 83.1 cm³/mol. The van der Waals surface area contributed by atoms with Gasteiger partial charge in [0.25, 0.3) is 0 Å². The van der Waals surface area contributed by atoms with Crippen molar-refractivity contribution in [2.75, 3.05) is 39.8 Å². The summed E-state index contributed by atoms with van der Waals surface area (Å²) in [6, 6.07) is 5.86. The van der Waals surface area contributed by atoms with E-state index in [9.17, 15) is 14.0 Å². The molecule has 1 aliphatic heterocycles. The first-order valence-electron chi connectivity index (χ1n) is 7.54. The van der Waals surface area contributed by atoms with Crippen LogP contribution in [0.3, 0.4) is 0 Å². The van der Waals surface area contributed by atoms with Gasteiger partial charge < -0.3 is 20.3 Å². The maximum atomic E-state index is 13.2. The lowest BCUT2D eigenvalue weighted by molar-refractivity contribution is -0.137. The number of benzene rings is 1. The highest BCUT2D eigenvalue weighted by atomic mass is 19.1. The fraction of sp³-hybridized carbons (Fsp3) is 0.500. The standard InChI is InChI=1S/C16H22FN3O3/c1-19-5-6-23-14(9-19)10-20(11-15(18)21)16(22)8-12-3-2-4-13(17)7-12/h2-4,7,14H,5-6,8-11H2,1H3,(H2,18,21). The van der Waals surface area contributed by atoms with Gasteiger partial charge in [0.2, 0.25) is 11.8 Å². The zero-order chi connectivity index (χ0) is 16.8. The molecule has 1 fully saturated rings. The minimum absolute atomic E-state index is 0.0214. The lowest BCUT2D eigenvalue weighted by Gasteiger charge is -2.33. The average Bonchev–Trinajstić information content (AvgIpc) is 2.46. The van der Waals surface area contributed by atoms with E-state index in [1.54, 1.807) is 12.1 Å². The molecule has 2 amide bonds. The maximum Gasteiger partial charge on any atom is 0.237 e. The lowest BCUT2D eigenvalue weighted by atomic mass is 10.1. The summed E-state index contributed by atoms with van der Waals surface area (Å²) in [5.41, 5.74) is 5.80. The van der Waals surface area contributed by atoms with E-state index in [2.05, 4.69) is 4.90 Å². The summed E-state index contributed by atoms with van der Waals surface area (Å²) >= 11 is 0.